The first-order chi connectivity index (χ1) is 11.5. The largest absolute Gasteiger partial charge is 0.490 e. The van der Waals surface area contributed by atoms with E-state index < -0.39 is 20.6 Å². The molecule has 134 valence electrons. The van der Waals surface area contributed by atoms with Gasteiger partial charge in [0.2, 0.25) is 0 Å². The van der Waals surface area contributed by atoms with Crippen LogP contribution in [-0.2, 0) is 15.4 Å². The van der Waals surface area contributed by atoms with Crippen LogP contribution in [0.4, 0.5) is 11.4 Å². The highest BCUT2D eigenvalue weighted by Gasteiger charge is 2.22. The number of anilines is 1. The van der Waals surface area contributed by atoms with Crippen LogP contribution in [0.5, 0.6) is 5.75 Å². The first kappa shape index (κ1) is 18.7. The van der Waals surface area contributed by atoms with Crippen molar-refractivity contribution in [2.45, 2.75) is 31.1 Å². The number of benzene rings is 2. The zero-order valence-corrected chi connectivity index (χ0v) is 15.3. The molecule has 0 saturated carbocycles. The minimum atomic E-state index is -3.95. The summed E-state index contributed by atoms with van der Waals surface area (Å²) < 4.78 is 32.3. The summed E-state index contributed by atoms with van der Waals surface area (Å²) in [5.74, 6) is -0.00141. The van der Waals surface area contributed by atoms with E-state index in [0.717, 1.165) is 11.6 Å². The topological polar surface area (TPSA) is 98.5 Å². The SMILES string of the molecule is COc1ccc(S(=O)(=O)Nc2ccc(C(C)(C)C)cc2)cc1[N+](=O)[O-]. The molecular formula is C17H20N2O5S. The summed E-state index contributed by atoms with van der Waals surface area (Å²) in [4.78, 5) is 10.2. The fourth-order valence-electron chi connectivity index (χ4n) is 2.23. The number of hydrogen-bond donors (Lipinski definition) is 1. The van der Waals surface area contributed by atoms with Gasteiger partial charge in [0.05, 0.1) is 16.9 Å². The van der Waals surface area contributed by atoms with E-state index in [1.165, 1.54) is 19.2 Å². The Morgan fingerprint density at radius 3 is 2.16 bits per heavy atom. The first-order valence-electron chi connectivity index (χ1n) is 7.50. The number of methoxy groups -OCH3 is 1. The van der Waals surface area contributed by atoms with Crippen LogP contribution in [-0.4, -0.2) is 20.5 Å². The number of hydrogen-bond acceptors (Lipinski definition) is 5. The third kappa shape index (κ3) is 4.27. The summed E-state index contributed by atoms with van der Waals surface area (Å²) >= 11 is 0. The molecule has 0 aliphatic rings. The van der Waals surface area contributed by atoms with Crippen LogP contribution in [0.1, 0.15) is 26.3 Å². The molecule has 0 heterocycles. The molecule has 0 atom stereocenters. The van der Waals surface area contributed by atoms with Crippen molar-refractivity contribution in [3.8, 4) is 5.75 Å². The number of nitrogens with zero attached hydrogens (tertiary/aromatic N) is 1. The van der Waals surface area contributed by atoms with Crippen LogP contribution in [0.2, 0.25) is 0 Å². The fraction of sp³-hybridized carbons (Fsp3) is 0.294. The molecule has 2 rings (SSSR count). The number of nitro groups is 1. The zero-order valence-electron chi connectivity index (χ0n) is 14.4. The molecule has 0 saturated heterocycles. The summed E-state index contributed by atoms with van der Waals surface area (Å²) in [6.45, 7) is 6.17. The van der Waals surface area contributed by atoms with Gasteiger partial charge in [-0.25, -0.2) is 8.42 Å². The van der Waals surface area contributed by atoms with Gasteiger partial charge in [-0.2, -0.15) is 0 Å². The van der Waals surface area contributed by atoms with Gasteiger partial charge in [-0.1, -0.05) is 32.9 Å². The summed E-state index contributed by atoms with van der Waals surface area (Å²) in [5, 5.41) is 11.1. The zero-order chi connectivity index (χ0) is 18.8. The van der Waals surface area contributed by atoms with E-state index in [9.17, 15) is 18.5 Å². The highest BCUT2D eigenvalue weighted by molar-refractivity contribution is 7.92. The summed E-state index contributed by atoms with van der Waals surface area (Å²) in [5.41, 5.74) is 0.990. The van der Waals surface area contributed by atoms with Crippen molar-refractivity contribution >= 4 is 21.4 Å². The van der Waals surface area contributed by atoms with Crippen molar-refractivity contribution in [2.75, 3.05) is 11.8 Å². The monoisotopic (exact) mass is 364 g/mol. The molecule has 1 N–H and O–H groups in total. The standard InChI is InChI=1S/C17H20N2O5S/c1-17(2,3)12-5-7-13(8-6-12)18-25(22,23)14-9-10-16(24-4)15(11-14)19(20)21/h5-11,18H,1-4H3. The highest BCUT2D eigenvalue weighted by atomic mass is 32.2. The van der Waals surface area contributed by atoms with Gasteiger partial charge in [0.25, 0.3) is 10.0 Å². The molecule has 0 amide bonds. The molecule has 0 aliphatic heterocycles. The number of sulfonamides is 1. The van der Waals surface area contributed by atoms with Crippen LogP contribution in [0.15, 0.2) is 47.4 Å². The van der Waals surface area contributed by atoms with Gasteiger partial charge in [0.15, 0.2) is 5.75 Å². The van der Waals surface area contributed by atoms with E-state index in [2.05, 4.69) is 25.5 Å². The van der Waals surface area contributed by atoms with Gasteiger partial charge in [-0.05, 0) is 35.2 Å². The minimum Gasteiger partial charge on any atom is -0.490 e. The first-order valence-corrected chi connectivity index (χ1v) is 8.99. The molecule has 0 aliphatic carbocycles. The quantitative estimate of drug-likeness (QED) is 0.644. The normalized spacial score (nSPS) is 11.8. The second-order valence-electron chi connectivity index (χ2n) is 6.52. The third-order valence-corrected chi connectivity index (χ3v) is 5.04. The lowest BCUT2D eigenvalue weighted by Gasteiger charge is -2.19. The van der Waals surface area contributed by atoms with Gasteiger partial charge in [-0.15, -0.1) is 0 Å². The molecule has 2 aromatic carbocycles. The van der Waals surface area contributed by atoms with Crippen molar-refractivity contribution in [3.05, 3.63) is 58.1 Å². The molecule has 0 unspecified atom stereocenters. The van der Waals surface area contributed by atoms with Crippen molar-refractivity contribution < 1.29 is 18.1 Å². The van der Waals surface area contributed by atoms with E-state index in [0.29, 0.717) is 5.69 Å². The van der Waals surface area contributed by atoms with Crippen LogP contribution in [0.3, 0.4) is 0 Å². The van der Waals surface area contributed by atoms with Crippen molar-refractivity contribution in [1.29, 1.82) is 0 Å². The maximum Gasteiger partial charge on any atom is 0.312 e. The van der Waals surface area contributed by atoms with Crippen LogP contribution >= 0.6 is 0 Å². The summed E-state index contributed by atoms with van der Waals surface area (Å²) in [6.07, 6.45) is 0. The van der Waals surface area contributed by atoms with Crippen LogP contribution in [0, 0.1) is 10.1 Å². The Bertz CT molecular complexity index is 884. The Morgan fingerprint density at radius 1 is 1.08 bits per heavy atom. The Balaban J connectivity index is 2.33. The minimum absolute atomic E-state index is 0.00141. The van der Waals surface area contributed by atoms with Gasteiger partial charge in [-0.3, -0.25) is 14.8 Å². The average Bonchev–Trinajstić information content (AvgIpc) is 2.53. The molecule has 0 fully saturated rings. The van der Waals surface area contributed by atoms with Gasteiger partial charge < -0.3 is 4.74 Å². The maximum atomic E-state index is 12.5. The maximum absolute atomic E-state index is 12.5. The number of nitrogens with one attached hydrogen (secondary N) is 1. The molecule has 0 radical (unpaired) electrons. The molecular weight excluding hydrogens is 344 g/mol. The van der Waals surface area contributed by atoms with E-state index in [1.807, 2.05) is 12.1 Å². The summed E-state index contributed by atoms with van der Waals surface area (Å²) in [6, 6.07) is 10.5. The smallest absolute Gasteiger partial charge is 0.312 e. The molecule has 7 nitrogen and oxygen atoms in total. The Labute approximate surface area is 146 Å². The predicted molar refractivity (Wildman–Crippen MR) is 95.6 cm³/mol. The Morgan fingerprint density at radius 2 is 1.68 bits per heavy atom. The van der Waals surface area contributed by atoms with Crippen LogP contribution in [0.25, 0.3) is 0 Å². The van der Waals surface area contributed by atoms with E-state index >= 15 is 0 Å². The lowest BCUT2D eigenvalue weighted by atomic mass is 9.87. The highest BCUT2D eigenvalue weighted by Crippen LogP contribution is 2.30. The fourth-order valence-corrected chi connectivity index (χ4v) is 3.31. The predicted octanol–water partition coefficient (Wildman–Crippen LogP) is 3.70. The van der Waals surface area contributed by atoms with Gasteiger partial charge >= 0.3 is 5.69 Å². The molecule has 0 spiro atoms. The Hall–Kier alpha value is -2.61. The molecule has 0 bridgehead atoms. The molecule has 2 aromatic rings. The van der Waals surface area contributed by atoms with E-state index in [4.69, 9.17) is 4.74 Å². The van der Waals surface area contributed by atoms with E-state index in [1.54, 1.807) is 12.1 Å². The van der Waals surface area contributed by atoms with Crippen molar-refractivity contribution in [1.82, 2.24) is 0 Å². The van der Waals surface area contributed by atoms with Crippen LogP contribution < -0.4 is 9.46 Å². The third-order valence-electron chi connectivity index (χ3n) is 3.66. The number of rotatable bonds is 5. The van der Waals surface area contributed by atoms with E-state index in [-0.39, 0.29) is 16.1 Å². The molecule has 8 heteroatoms. The van der Waals surface area contributed by atoms with Crippen molar-refractivity contribution in [3.63, 3.8) is 0 Å². The summed E-state index contributed by atoms with van der Waals surface area (Å²) in [7, 11) is -2.67. The lowest BCUT2D eigenvalue weighted by molar-refractivity contribution is -0.386. The second-order valence-corrected chi connectivity index (χ2v) is 8.21. The number of ether oxygens (including phenoxy) is 1. The molecule has 0 aromatic heterocycles. The van der Waals surface area contributed by atoms with Gasteiger partial charge in [0, 0.05) is 11.8 Å². The lowest BCUT2D eigenvalue weighted by Crippen LogP contribution is -2.14. The van der Waals surface area contributed by atoms with Crippen molar-refractivity contribution in [2.24, 2.45) is 0 Å². The molecule has 25 heavy (non-hydrogen) atoms. The second kappa shape index (κ2) is 6.72. The number of nitro benzene ring substituents is 1. The van der Waals surface area contributed by atoms with Gasteiger partial charge in [0.1, 0.15) is 0 Å². The Kier molecular flexibility index (Phi) is 5.03. The average molecular weight is 364 g/mol.